The van der Waals surface area contributed by atoms with Crippen LogP contribution in [0.15, 0.2) is 18.2 Å². The van der Waals surface area contributed by atoms with Crippen LogP contribution in [0.3, 0.4) is 0 Å². The number of pyridine rings is 1. The molecule has 0 saturated carbocycles. The summed E-state index contributed by atoms with van der Waals surface area (Å²) in [5.41, 5.74) is 2.24. The van der Waals surface area contributed by atoms with Gasteiger partial charge in [0, 0.05) is 24.2 Å². The van der Waals surface area contributed by atoms with Crippen LogP contribution in [-0.4, -0.2) is 28.4 Å². The summed E-state index contributed by atoms with van der Waals surface area (Å²) in [5.74, 6) is 0. The minimum atomic E-state index is 0.323. The van der Waals surface area contributed by atoms with E-state index in [1.807, 2.05) is 13.0 Å². The maximum Gasteiger partial charge on any atom is 0.0547 e. The van der Waals surface area contributed by atoms with Crippen molar-refractivity contribution >= 4 is 11.6 Å². The molecule has 0 spiro atoms. The zero-order valence-electron chi connectivity index (χ0n) is 9.12. The fraction of sp³-hybridized carbons (Fsp3) is 0.583. The molecule has 1 aromatic rings. The van der Waals surface area contributed by atoms with E-state index in [0.717, 1.165) is 37.4 Å². The Bertz CT molecular complexity index is 327. The number of hydrogen-bond acceptors (Lipinski definition) is 2. The average Bonchev–Trinajstić information content (AvgIpc) is 2.17. The molecule has 2 nitrogen and oxygen atoms in total. The van der Waals surface area contributed by atoms with Gasteiger partial charge in [0.05, 0.1) is 5.69 Å². The number of halogens is 1. The highest BCUT2D eigenvalue weighted by Gasteiger charge is 2.17. The molecular weight excluding hydrogens is 208 g/mol. The van der Waals surface area contributed by atoms with E-state index in [1.165, 1.54) is 6.42 Å². The van der Waals surface area contributed by atoms with Gasteiger partial charge in [0.2, 0.25) is 0 Å². The van der Waals surface area contributed by atoms with Crippen LogP contribution < -0.4 is 0 Å². The summed E-state index contributed by atoms with van der Waals surface area (Å²) >= 11 is 6.15. The lowest BCUT2D eigenvalue weighted by atomic mass is 10.1. The molecule has 1 fully saturated rings. The van der Waals surface area contributed by atoms with Crippen LogP contribution in [0.2, 0.25) is 0 Å². The van der Waals surface area contributed by atoms with Gasteiger partial charge in [0.1, 0.15) is 0 Å². The Balaban J connectivity index is 1.96. The topological polar surface area (TPSA) is 16.1 Å². The lowest BCUT2D eigenvalue weighted by Crippen LogP contribution is -2.35. The Labute approximate surface area is 96.3 Å². The van der Waals surface area contributed by atoms with E-state index in [0.29, 0.717) is 5.38 Å². The molecule has 3 heteroatoms. The number of alkyl halides is 1. The molecule has 1 atom stereocenters. The Morgan fingerprint density at radius 2 is 2.40 bits per heavy atom. The summed E-state index contributed by atoms with van der Waals surface area (Å²) < 4.78 is 0. The van der Waals surface area contributed by atoms with Crippen molar-refractivity contribution in [2.75, 3.05) is 13.1 Å². The normalized spacial score (nSPS) is 22.9. The Hall–Kier alpha value is -0.600. The van der Waals surface area contributed by atoms with E-state index >= 15 is 0 Å². The molecule has 0 amide bonds. The highest BCUT2D eigenvalue weighted by molar-refractivity contribution is 6.20. The number of likely N-dealkylation sites (tertiary alicyclic amines) is 1. The summed E-state index contributed by atoms with van der Waals surface area (Å²) in [7, 11) is 0. The van der Waals surface area contributed by atoms with Crippen LogP contribution in [-0.2, 0) is 6.54 Å². The molecule has 82 valence electrons. The van der Waals surface area contributed by atoms with Crippen LogP contribution in [0, 0.1) is 6.92 Å². The summed E-state index contributed by atoms with van der Waals surface area (Å²) in [6.45, 7) is 5.12. The maximum atomic E-state index is 6.15. The highest BCUT2D eigenvalue weighted by Crippen LogP contribution is 2.16. The minimum absolute atomic E-state index is 0.323. The molecular formula is C12H17ClN2. The zero-order valence-corrected chi connectivity index (χ0v) is 9.87. The van der Waals surface area contributed by atoms with Gasteiger partial charge >= 0.3 is 0 Å². The van der Waals surface area contributed by atoms with Crippen LogP contribution in [0.1, 0.15) is 24.2 Å². The second kappa shape index (κ2) is 4.95. The molecule has 0 aromatic carbocycles. The van der Waals surface area contributed by atoms with Crippen molar-refractivity contribution in [3.05, 3.63) is 29.6 Å². The first-order valence-electron chi connectivity index (χ1n) is 5.53. The Morgan fingerprint density at radius 3 is 3.13 bits per heavy atom. The first-order valence-corrected chi connectivity index (χ1v) is 5.96. The summed E-state index contributed by atoms with van der Waals surface area (Å²) in [6, 6.07) is 6.19. The average molecular weight is 225 g/mol. The number of rotatable bonds is 2. The van der Waals surface area contributed by atoms with E-state index in [4.69, 9.17) is 11.6 Å². The first-order chi connectivity index (χ1) is 7.24. The number of aromatic nitrogens is 1. The van der Waals surface area contributed by atoms with Crippen molar-refractivity contribution < 1.29 is 0 Å². The SMILES string of the molecule is Cc1cccc(CN2CCCC(Cl)C2)n1. The molecule has 2 heterocycles. The number of nitrogens with zero attached hydrogens (tertiary/aromatic N) is 2. The molecule has 0 radical (unpaired) electrons. The smallest absolute Gasteiger partial charge is 0.0547 e. The molecule has 1 saturated heterocycles. The van der Waals surface area contributed by atoms with Gasteiger partial charge in [-0.3, -0.25) is 9.88 Å². The number of hydrogen-bond donors (Lipinski definition) is 0. The van der Waals surface area contributed by atoms with Crippen molar-refractivity contribution in [1.29, 1.82) is 0 Å². The standard InChI is InChI=1S/C12H17ClN2/c1-10-4-2-6-12(14-10)9-15-7-3-5-11(13)8-15/h2,4,6,11H,3,5,7-9H2,1H3. The molecule has 2 rings (SSSR count). The fourth-order valence-corrected chi connectivity index (χ4v) is 2.41. The summed E-state index contributed by atoms with van der Waals surface area (Å²) in [4.78, 5) is 6.90. The molecule has 0 bridgehead atoms. The Kier molecular flexibility index (Phi) is 3.60. The van der Waals surface area contributed by atoms with Crippen molar-refractivity contribution in [2.24, 2.45) is 0 Å². The Morgan fingerprint density at radius 1 is 1.53 bits per heavy atom. The largest absolute Gasteiger partial charge is 0.296 e. The summed E-state index contributed by atoms with van der Waals surface area (Å²) in [5, 5.41) is 0.323. The fourth-order valence-electron chi connectivity index (χ4n) is 2.06. The van der Waals surface area contributed by atoms with Crippen molar-refractivity contribution in [3.8, 4) is 0 Å². The first kappa shape index (κ1) is 10.9. The van der Waals surface area contributed by atoms with Gasteiger partial charge in [-0.1, -0.05) is 6.07 Å². The van der Waals surface area contributed by atoms with Crippen LogP contribution in [0.25, 0.3) is 0 Å². The third kappa shape index (κ3) is 3.18. The van der Waals surface area contributed by atoms with Gasteiger partial charge in [-0.2, -0.15) is 0 Å². The minimum Gasteiger partial charge on any atom is -0.296 e. The van der Waals surface area contributed by atoms with E-state index in [9.17, 15) is 0 Å². The van der Waals surface area contributed by atoms with Crippen molar-refractivity contribution in [2.45, 2.75) is 31.7 Å². The maximum absolute atomic E-state index is 6.15. The number of aryl methyl sites for hydroxylation is 1. The second-order valence-corrected chi connectivity index (χ2v) is 4.86. The van der Waals surface area contributed by atoms with Gasteiger partial charge in [0.15, 0.2) is 0 Å². The van der Waals surface area contributed by atoms with Gasteiger partial charge < -0.3 is 0 Å². The van der Waals surface area contributed by atoms with E-state index in [-0.39, 0.29) is 0 Å². The van der Waals surface area contributed by atoms with Crippen LogP contribution in [0.5, 0.6) is 0 Å². The molecule has 1 aromatic heterocycles. The van der Waals surface area contributed by atoms with Gasteiger partial charge in [-0.25, -0.2) is 0 Å². The van der Waals surface area contributed by atoms with E-state index in [1.54, 1.807) is 0 Å². The van der Waals surface area contributed by atoms with Crippen LogP contribution >= 0.6 is 11.6 Å². The predicted molar refractivity (Wildman–Crippen MR) is 63.1 cm³/mol. The third-order valence-electron chi connectivity index (χ3n) is 2.78. The van der Waals surface area contributed by atoms with Gasteiger partial charge in [0.25, 0.3) is 0 Å². The molecule has 15 heavy (non-hydrogen) atoms. The third-order valence-corrected chi connectivity index (χ3v) is 3.14. The molecule has 1 unspecified atom stereocenters. The quantitative estimate of drug-likeness (QED) is 0.718. The second-order valence-electron chi connectivity index (χ2n) is 4.24. The monoisotopic (exact) mass is 224 g/mol. The molecule has 1 aliphatic rings. The van der Waals surface area contributed by atoms with Gasteiger partial charge in [-0.15, -0.1) is 11.6 Å². The highest BCUT2D eigenvalue weighted by atomic mass is 35.5. The lowest BCUT2D eigenvalue weighted by Gasteiger charge is -2.29. The van der Waals surface area contributed by atoms with E-state index in [2.05, 4.69) is 22.0 Å². The summed E-state index contributed by atoms with van der Waals surface area (Å²) in [6.07, 6.45) is 2.36. The molecule has 0 N–H and O–H groups in total. The van der Waals surface area contributed by atoms with Gasteiger partial charge in [-0.05, 0) is 38.4 Å². The van der Waals surface area contributed by atoms with E-state index < -0.39 is 0 Å². The predicted octanol–water partition coefficient (Wildman–Crippen LogP) is 2.59. The molecule has 0 aliphatic carbocycles. The van der Waals surface area contributed by atoms with Crippen molar-refractivity contribution in [3.63, 3.8) is 0 Å². The lowest BCUT2D eigenvalue weighted by molar-refractivity contribution is 0.221. The molecule has 1 aliphatic heterocycles. The zero-order chi connectivity index (χ0) is 10.7. The van der Waals surface area contributed by atoms with Crippen LogP contribution in [0.4, 0.5) is 0 Å². The number of piperidine rings is 1. The van der Waals surface area contributed by atoms with Crippen molar-refractivity contribution in [1.82, 2.24) is 9.88 Å².